The first kappa shape index (κ1) is 18.6. The molecule has 5 heteroatoms. The average molecular weight is 421 g/mol. The molecule has 0 unspecified atom stereocenters. The minimum atomic E-state index is -0.0802. The highest BCUT2D eigenvalue weighted by Gasteiger charge is 2.39. The Balaban J connectivity index is 1.67. The minimum Gasteiger partial charge on any atom is -0.341 e. The molecular formula is C24H21ClN2OS. The molecule has 1 aliphatic rings. The molecule has 5 rings (SSSR count). The number of hydrogen-bond donors (Lipinski definition) is 0. The van der Waals surface area contributed by atoms with Crippen LogP contribution in [0.5, 0.6) is 0 Å². The zero-order valence-corrected chi connectivity index (χ0v) is 17.9. The number of aryl methyl sites for hydroxylation is 1. The molecule has 0 N–H and O–H groups in total. The second-order valence-electron chi connectivity index (χ2n) is 7.35. The van der Waals surface area contributed by atoms with Crippen LogP contribution in [0.2, 0.25) is 5.02 Å². The molecule has 0 bridgehead atoms. The summed E-state index contributed by atoms with van der Waals surface area (Å²) in [6.07, 6.45) is 0. The summed E-state index contributed by atoms with van der Waals surface area (Å²) in [5, 5.41) is 2.99. The summed E-state index contributed by atoms with van der Waals surface area (Å²) in [6, 6.07) is 22.7. The summed E-state index contributed by atoms with van der Waals surface area (Å²) in [5.74, 6) is 0.147. The van der Waals surface area contributed by atoms with Crippen LogP contribution >= 0.6 is 23.4 Å². The third kappa shape index (κ3) is 2.93. The Morgan fingerprint density at radius 1 is 0.966 bits per heavy atom. The summed E-state index contributed by atoms with van der Waals surface area (Å²) >= 11 is 7.76. The quantitative estimate of drug-likeness (QED) is 0.371. The number of halogens is 1. The lowest BCUT2D eigenvalue weighted by Gasteiger charge is -2.24. The molecule has 29 heavy (non-hydrogen) atoms. The van der Waals surface area contributed by atoms with Crippen molar-refractivity contribution < 1.29 is 4.79 Å². The smallest absolute Gasteiger partial charge is 0.241 e. The number of rotatable bonds is 3. The summed E-state index contributed by atoms with van der Waals surface area (Å²) in [6.45, 7) is 5.06. The molecule has 4 aromatic rings. The van der Waals surface area contributed by atoms with Crippen LogP contribution in [0.1, 0.15) is 24.8 Å². The van der Waals surface area contributed by atoms with E-state index in [-0.39, 0.29) is 16.5 Å². The fourth-order valence-corrected chi connectivity index (χ4v) is 5.68. The maximum absolute atomic E-state index is 13.1. The van der Waals surface area contributed by atoms with E-state index in [0.29, 0.717) is 5.02 Å². The highest BCUT2D eigenvalue weighted by molar-refractivity contribution is 8.01. The number of fused-ring (bicyclic) bond motifs is 3. The van der Waals surface area contributed by atoms with Gasteiger partial charge in [0.05, 0.1) is 5.25 Å². The number of aromatic nitrogens is 1. The van der Waals surface area contributed by atoms with Gasteiger partial charge in [-0.05, 0) is 55.8 Å². The molecule has 146 valence electrons. The van der Waals surface area contributed by atoms with Gasteiger partial charge in [-0.3, -0.25) is 9.69 Å². The summed E-state index contributed by atoms with van der Waals surface area (Å²) in [4.78, 5) is 15.0. The Hall–Kier alpha value is -2.43. The maximum atomic E-state index is 13.1. The summed E-state index contributed by atoms with van der Waals surface area (Å²) in [5.41, 5.74) is 4.46. The van der Waals surface area contributed by atoms with Gasteiger partial charge < -0.3 is 4.57 Å². The van der Waals surface area contributed by atoms with Gasteiger partial charge in [0.25, 0.3) is 0 Å². The van der Waals surface area contributed by atoms with Crippen molar-refractivity contribution >= 4 is 56.8 Å². The van der Waals surface area contributed by atoms with Crippen LogP contribution in [0, 0.1) is 0 Å². The summed E-state index contributed by atoms with van der Waals surface area (Å²) in [7, 11) is 0. The molecule has 2 atom stereocenters. The molecule has 0 spiro atoms. The molecule has 1 fully saturated rings. The van der Waals surface area contributed by atoms with Gasteiger partial charge in [0, 0.05) is 39.1 Å². The monoisotopic (exact) mass is 420 g/mol. The van der Waals surface area contributed by atoms with Crippen LogP contribution in [-0.4, -0.2) is 15.7 Å². The van der Waals surface area contributed by atoms with E-state index in [2.05, 4.69) is 54.0 Å². The zero-order valence-electron chi connectivity index (χ0n) is 16.3. The Bertz CT molecular complexity index is 1230. The van der Waals surface area contributed by atoms with E-state index in [9.17, 15) is 4.79 Å². The van der Waals surface area contributed by atoms with Crippen molar-refractivity contribution in [3.63, 3.8) is 0 Å². The van der Waals surface area contributed by atoms with Crippen LogP contribution in [-0.2, 0) is 11.3 Å². The standard InChI is InChI=1S/C24H21ClN2OS/c1-3-26-21-7-5-4-6-19(21)20-14-18(12-13-22(20)26)27-23(28)15(2)29-24(27)16-8-10-17(25)11-9-16/h4-15,24H,3H2,1-2H3/t15-,24+/m0/s1. The molecule has 1 amide bonds. The van der Waals surface area contributed by atoms with Gasteiger partial charge in [-0.25, -0.2) is 0 Å². The van der Waals surface area contributed by atoms with Crippen LogP contribution in [0.25, 0.3) is 21.8 Å². The number of benzene rings is 3. The number of nitrogens with zero attached hydrogens (tertiary/aromatic N) is 2. The van der Waals surface area contributed by atoms with Crippen LogP contribution in [0.15, 0.2) is 66.7 Å². The molecule has 3 aromatic carbocycles. The Morgan fingerprint density at radius 2 is 1.69 bits per heavy atom. The fraction of sp³-hybridized carbons (Fsp3) is 0.208. The number of anilines is 1. The minimum absolute atomic E-state index is 0.0493. The third-order valence-electron chi connectivity index (χ3n) is 5.66. The number of para-hydroxylation sites is 1. The fourth-order valence-electron chi connectivity index (χ4n) is 4.27. The van der Waals surface area contributed by atoms with E-state index in [1.165, 1.54) is 21.8 Å². The number of hydrogen-bond acceptors (Lipinski definition) is 2. The molecule has 0 saturated carbocycles. The first-order chi connectivity index (χ1) is 14.1. The van der Waals surface area contributed by atoms with Crippen LogP contribution in [0.3, 0.4) is 0 Å². The van der Waals surface area contributed by atoms with Gasteiger partial charge in [-0.15, -0.1) is 11.8 Å². The van der Waals surface area contributed by atoms with E-state index in [4.69, 9.17) is 11.6 Å². The zero-order chi connectivity index (χ0) is 20.1. The number of amides is 1. The molecular weight excluding hydrogens is 400 g/mol. The molecule has 1 aliphatic heterocycles. The highest BCUT2D eigenvalue weighted by atomic mass is 35.5. The molecule has 1 saturated heterocycles. The number of carbonyl (C=O) groups is 1. The van der Waals surface area contributed by atoms with E-state index in [1.54, 1.807) is 11.8 Å². The van der Waals surface area contributed by atoms with E-state index < -0.39 is 0 Å². The molecule has 0 aliphatic carbocycles. The topological polar surface area (TPSA) is 25.2 Å². The van der Waals surface area contributed by atoms with Crippen molar-refractivity contribution in [1.29, 1.82) is 0 Å². The third-order valence-corrected chi connectivity index (χ3v) is 7.26. The maximum Gasteiger partial charge on any atom is 0.241 e. The van der Waals surface area contributed by atoms with E-state index >= 15 is 0 Å². The van der Waals surface area contributed by atoms with Crippen molar-refractivity contribution in [3.8, 4) is 0 Å². The predicted molar refractivity (Wildman–Crippen MR) is 124 cm³/mol. The van der Waals surface area contributed by atoms with Crippen molar-refractivity contribution in [3.05, 3.63) is 77.3 Å². The van der Waals surface area contributed by atoms with Crippen molar-refractivity contribution in [2.24, 2.45) is 0 Å². The largest absolute Gasteiger partial charge is 0.341 e. The molecule has 0 radical (unpaired) electrons. The van der Waals surface area contributed by atoms with Gasteiger partial charge >= 0.3 is 0 Å². The molecule has 2 heterocycles. The Labute approximate surface area is 179 Å². The van der Waals surface area contributed by atoms with Crippen LogP contribution in [0.4, 0.5) is 5.69 Å². The summed E-state index contributed by atoms with van der Waals surface area (Å²) < 4.78 is 2.33. The van der Waals surface area contributed by atoms with Gasteiger partial charge in [-0.2, -0.15) is 0 Å². The number of thioether (sulfide) groups is 1. The molecule has 1 aromatic heterocycles. The van der Waals surface area contributed by atoms with Gasteiger partial charge in [0.15, 0.2) is 0 Å². The lowest BCUT2D eigenvalue weighted by atomic mass is 10.1. The second-order valence-corrected chi connectivity index (χ2v) is 9.22. The molecule has 3 nitrogen and oxygen atoms in total. The average Bonchev–Trinajstić information content (AvgIpc) is 3.22. The van der Waals surface area contributed by atoms with Gasteiger partial charge in [0.1, 0.15) is 5.37 Å². The number of carbonyl (C=O) groups excluding carboxylic acids is 1. The SMILES string of the molecule is CCn1c2ccccc2c2cc(N3C(=O)[C@H](C)S[C@@H]3c3ccc(Cl)cc3)ccc21. The first-order valence-electron chi connectivity index (χ1n) is 9.83. The van der Waals surface area contributed by atoms with Crippen molar-refractivity contribution in [1.82, 2.24) is 4.57 Å². The van der Waals surface area contributed by atoms with E-state index in [0.717, 1.165) is 17.8 Å². The van der Waals surface area contributed by atoms with Crippen LogP contribution < -0.4 is 4.90 Å². The van der Waals surface area contributed by atoms with Crippen molar-refractivity contribution in [2.45, 2.75) is 31.0 Å². The highest BCUT2D eigenvalue weighted by Crippen LogP contribution is 2.46. The van der Waals surface area contributed by atoms with Gasteiger partial charge in [-0.1, -0.05) is 41.9 Å². The van der Waals surface area contributed by atoms with E-state index in [1.807, 2.05) is 36.1 Å². The lowest BCUT2D eigenvalue weighted by Crippen LogP contribution is -2.30. The van der Waals surface area contributed by atoms with Crippen molar-refractivity contribution in [2.75, 3.05) is 4.90 Å². The van der Waals surface area contributed by atoms with Gasteiger partial charge in [0.2, 0.25) is 5.91 Å². The normalized spacial score (nSPS) is 19.6. The predicted octanol–water partition coefficient (Wildman–Crippen LogP) is 6.63. The Kier molecular flexibility index (Phi) is 4.56. The first-order valence-corrected chi connectivity index (χ1v) is 11.2. The lowest BCUT2D eigenvalue weighted by molar-refractivity contribution is -0.117. The second kappa shape index (κ2) is 7.12. The Morgan fingerprint density at radius 3 is 2.45 bits per heavy atom.